The molecule has 0 aliphatic rings. The third-order valence-corrected chi connectivity index (χ3v) is 9.41. The second-order valence-corrected chi connectivity index (χ2v) is 13.3. The maximum absolute atomic E-state index is 14.3. The molecule has 11 heteroatoms. The third kappa shape index (κ3) is 8.60. The Bertz CT molecular complexity index is 1670. The van der Waals surface area contributed by atoms with Crippen LogP contribution in [0.1, 0.15) is 18.1 Å². The highest BCUT2D eigenvalue weighted by atomic mass is 79.9. The molecule has 7 nitrogen and oxygen atoms in total. The van der Waals surface area contributed by atoms with Crippen molar-refractivity contribution in [3.05, 3.63) is 129 Å². The van der Waals surface area contributed by atoms with Gasteiger partial charge in [0, 0.05) is 34.0 Å². The van der Waals surface area contributed by atoms with Crippen LogP contribution < -0.4 is 9.62 Å². The quantitative estimate of drug-likeness (QED) is 0.178. The summed E-state index contributed by atoms with van der Waals surface area (Å²) in [4.78, 5) is 29.3. The fourth-order valence-electron chi connectivity index (χ4n) is 4.57. The van der Waals surface area contributed by atoms with Gasteiger partial charge in [0.05, 0.1) is 10.6 Å². The van der Waals surface area contributed by atoms with Crippen molar-refractivity contribution in [3.63, 3.8) is 0 Å². The van der Waals surface area contributed by atoms with Crippen LogP contribution in [0.15, 0.2) is 112 Å². The number of sulfonamides is 1. The Morgan fingerprint density at radius 3 is 2.16 bits per heavy atom. The van der Waals surface area contributed by atoms with E-state index in [1.54, 1.807) is 25.1 Å². The smallest absolute Gasteiger partial charge is 0.264 e. The van der Waals surface area contributed by atoms with Gasteiger partial charge in [-0.1, -0.05) is 87.7 Å². The van der Waals surface area contributed by atoms with Crippen LogP contribution in [0, 0.1) is 0 Å². The van der Waals surface area contributed by atoms with Gasteiger partial charge in [-0.05, 0) is 72.6 Å². The number of nitrogens with zero attached hydrogens (tertiary/aromatic N) is 2. The van der Waals surface area contributed by atoms with Crippen molar-refractivity contribution in [2.24, 2.45) is 0 Å². The largest absolute Gasteiger partial charge is 0.355 e. The molecule has 0 aromatic heterocycles. The van der Waals surface area contributed by atoms with Crippen LogP contribution in [0.3, 0.4) is 0 Å². The first-order chi connectivity index (χ1) is 20.6. The first-order valence-electron chi connectivity index (χ1n) is 13.5. The highest BCUT2D eigenvalue weighted by Crippen LogP contribution is 2.28. The van der Waals surface area contributed by atoms with Gasteiger partial charge >= 0.3 is 0 Å². The average Bonchev–Trinajstić information content (AvgIpc) is 2.98. The molecule has 4 rings (SSSR count). The van der Waals surface area contributed by atoms with Crippen LogP contribution in [0.25, 0.3) is 0 Å². The Kier molecular flexibility index (Phi) is 11.3. The fraction of sp³-hybridized carbons (Fsp3) is 0.188. The number of anilines is 1. The molecule has 4 aromatic carbocycles. The summed E-state index contributed by atoms with van der Waals surface area (Å²) in [7, 11) is -4.25. The molecule has 0 unspecified atom stereocenters. The number of hydrogen-bond acceptors (Lipinski definition) is 4. The van der Waals surface area contributed by atoms with Crippen LogP contribution in [0.4, 0.5) is 5.69 Å². The van der Waals surface area contributed by atoms with Gasteiger partial charge < -0.3 is 10.2 Å². The monoisotopic (exact) mass is 701 g/mol. The van der Waals surface area contributed by atoms with Crippen molar-refractivity contribution >= 4 is 66.7 Å². The summed E-state index contributed by atoms with van der Waals surface area (Å²) in [5, 5.41) is 3.52. The highest BCUT2D eigenvalue weighted by molar-refractivity contribution is 9.10. The Morgan fingerprint density at radius 2 is 1.51 bits per heavy atom. The van der Waals surface area contributed by atoms with E-state index in [9.17, 15) is 18.0 Å². The molecule has 0 radical (unpaired) electrons. The maximum atomic E-state index is 14.3. The van der Waals surface area contributed by atoms with E-state index in [0.717, 1.165) is 19.9 Å². The number of benzene rings is 4. The lowest BCUT2D eigenvalue weighted by Crippen LogP contribution is -2.53. The minimum absolute atomic E-state index is 0.0484. The normalized spacial score (nSPS) is 11.9. The van der Waals surface area contributed by atoms with Crippen molar-refractivity contribution in [3.8, 4) is 0 Å². The SMILES string of the molecule is CCNC(=O)[C@@H](Cc1ccccc1)N(Cc1cccc(Br)c1)C(=O)CN(c1cccc(Cl)c1)S(=O)(=O)c1ccc(Cl)cc1. The molecule has 0 bridgehead atoms. The van der Waals surface area contributed by atoms with E-state index < -0.39 is 28.5 Å². The average molecular weight is 703 g/mol. The summed E-state index contributed by atoms with van der Waals surface area (Å²) in [5.74, 6) is -0.908. The Hall–Kier alpha value is -3.37. The van der Waals surface area contributed by atoms with E-state index in [4.69, 9.17) is 23.2 Å². The third-order valence-electron chi connectivity index (χ3n) is 6.64. The van der Waals surface area contributed by atoms with Crippen molar-refractivity contribution in [1.29, 1.82) is 0 Å². The molecule has 0 fully saturated rings. The van der Waals surface area contributed by atoms with Gasteiger partial charge in [-0.2, -0.15) is 0 Å². The van der Waals surface area contributed by atoms with E-state index in [1.165, 1.54) is 35.2 Å². The molecule has 0 saturated carbocycles. The number of likely N-dealkylation sites (N-methyl/N-ethyl adjacent to an activating group) is 1. The molecular formula is C32H30BrCl2N3O4S. The van der Waals surface area contributed by atoms with Crippen LogP contribution in [0.2, 0.25) is 10.0 Å². The standard InChI is InChI=1S/C32H30BrCl2N3O4S/c1-2-36-32(40)30(19-23-8-4-3-5-9-23)37(21-24-10-6-11-25(33)18-24)31(39)22-38(28-13-7-12-27(35)20-28)43(41,42)29-16-14-26(34)15-17-29/h3-18,20,30H,2,19,21-22H2,1H3,(H,36,40)/t30-/m1/s1. The van der Waals surface area contributed by atoms with Gasteiger partial charge in [0.1, 0.15) is 12.6 Å². The molecule has 0 aliphatic carbocycles. The van der Waals surface area contributed by atoms with Crippen molar-refractivity contribution in [1.82, 2.24) is 10.2 Å². The topological polar surface area (TPSA) is 86.8 Å². The number of carbonyl (C=O) groups excluding carboxylic acids is 2. The van der Waals surface area contributed by atoms with Gasteiger partial charge in [-0.25, -0.2) is 8.42 Å². The van der Waals surface area contributed by atoms with Gasteiger partial charge in [-0.3, -0.25) is 13.9 Å². The van der Waals surface area contributed by atoms with E-state index in [1.807, 2.05) is 54.6 Å². The number of nitrogens with one attached hydrogen (secondary N) is 1. The first-order valence-corrected chi connectivity index (χ1v) is 16.5. The van der Waals surface area contributed by atoms with Crippen LogP contribution >= 0.6 is 39.1 Å². The molecular weight excluding hydrogens is 673 g/mol. The molecule has 0 saturated heterocycles. The van der Waals surface area contributed by atoms with Crippen LogP contribution in [-0.4, -0.2) is 44.3 Å². The van der Waals surface area contributed by atoms with Gasteiger partial charge in [0.15, 0.2) is 0 Å². The lowest BCUT2D eigenvalue weighted by atomic mass is 10.0. The molecule has 0 heterocycles. The van der Waals surface area contributed by atoms with Gasteiger partial charge in [0.25, 0.3) is 10.0 Å². The Morgan fingerprint density at radius 1 is 0.837 bits per heavy atom. The summed E-state index contributed by atoms with van der Waals surface area (Å²) in [5.41, 5.74) is 1.82. The lowest BCUT2D eigenvalue weighted by Gasteiger charge is -2.34. The molecule has 43 heavy (non-hydrogen) atoms. The highest BCUT2D eigenvalue weighted by Gasteiger charge is 2.34. The zero-order chi connectivity index (χ0) is 31.0. The Balaban J connectivity index is 1.80. The zero-order valence-corrected chi connectivity index (χ0v) is 27.2. The minimum atomic E-state index is -4.25. The fourth-order valence-corrected chi connectivity index (χ4v) is 6.73. The van der Waals surface area contributed by atoms with Crippen molar-refractivity contribution in [2.45, 2.75) is 30.8 Å². The summed E-state index contributed by atoms with van der Waals surface area (Å²) in [6.45, 7) is 1.65. The number of carbonyl (C=O) groups is 2. The molecule has 1 N–H and O–H groups in total. The second-order valence-electron chi connectivity index (χ2n) is 9.70. The number of hydrogen-bond donors (Lipinski definition) is 1. The summed E-state index contributed by atoms with van der Waals surface area (Å²) < 4.78 is 29.8. The molecule has 1 atom stereocenters. The molecule has 0 spiro atoms. The van der Waals surface area contributed by atoms with Gasteiger partial charge in [-0.15, -0.1) is 0 Å². The van der Waals surface area contributed by atoms with Crippen molar-refractivity contribution < 1.29 is 18.0 Å². The van der Waals surface area contributed by atoms with Crippen LogP contribution in [0.5, 0.6) is 0 Å². The zero-order valence-electron chi connectivity index (χ0n) is 23.3. The first kappa shape index (κ1) is 32.5. The molecule has 0 aliphatic heterocycles. The lowest BCUT2D eigenvalue weighted by molar-refractivity contribution is -0.140. The van der Waals surface area contributed by atoms with E-state index >= 15 is 0 Å². The van der Waals surface area contributed by atoms with E-state index in [0.29, 0.717) is 16.6 Å². The van der Waals surface area contributed by atoms with Crippen LogP contribution in [-0.2, 0) is 32.6 Å². The number of rotatable bonds is 12. The predicted octanol–water partition coefficient (Wildman–Crippen LogP) is 6.73. The second kappa shape index (κ2) is 14.9. The molecule has 4 aromatic rings. The summed E-state index contributed by atoms with van der Waals surface area (Å²) in [6, 6.07) is 27.8. The van der Waals surface area contributed by atoms with E-state index in [-0.39, 0.29) is 29.5 Å². The molecule has 224 valence electrons. The maximum Gasteiger partial charge on any atom is 0.264 e. The molecule has 2 amide bonds. The summed E-state index contributed by atoms with van der Waals surface area (Å²) in [6.07, 6.45) is 0.230. The van der Waals surface area contributed by atoms with Gasteiger partial charge in [0.2, 0.25) is 11.8 Å². The predicted molar refractivity (Wildman–Crippen MR) is 175 cm³/mol. The Labute approximate surface area is 270 Å². The van der Waals surface area contributed by atoms with E-state index in [2.05, 4.69) is 21.2 Å². The number of halogens is 3. The number of amides is 2. The minimum Gasteiger partial charge on any atom is -0.355 e. The summed E-state index contributed by atoms with van der Waals surface area (Å²) >= 11 is 15.8. The van der Waals surface area contributed by atoms with Crippen molar-refractivity contribution in [2.75, 3.05) is 17.4 Å².